The summed E-state index contributed by atoms with van der Waals surface area (Å²) < 4.78 is 59.6. The Balaban J connectivity index is 1.59. The summed E-state index contributed by atoms with van der Waals surface area (Å²) in [5.74, 6) is -0.575. The third-order valence-corrected chi connectivity index (χ3v) is 6.46. The fourth-order valence-corrected chi connectivity index (χ4v) is 4.37. The van der Waals surface area contributed by atoms with Gasteiger partial charge in [-0.05, 0) is 50.8 Å². The first kappa shape index (κ1) is 25.1. The number of hydrogen-bond acceptors (Lipinski definition) is 6. The van der Waals surface area contributed by atoms with E-state index in [0.29, 0.717) is 23.1 Å². The molecule has 35 heavy (non-hydrogen) atoms. The Kier molecular flexibility index (Phi) is 7.42. The first-order valence-corrected chi connectivity index (χ1v) is 11.4. The van der Waals surface area contributed by atoms with Gasteiger partial charge in [-0.25, -0.2) is 17.6 Å². The van der Waals surface area contributed by atoms with Crippen molar-refractivity contribution in [1.29, 1.82) is 0 Å². The van der Waals surface area contributed by atoms with Crippen molar-refractivity contribution in [3.8, 4) is 0 Å². The SMILES string of the molecule is C=C(N1CCC(N(C)C)C1)N(Cc1ccc(C2=NNC(C(F)F)O2)cc1F)c1ccc(F)cc1Cl. The molecule has 11 heteroatoms. The Morgan fingerprint density at radius 2 is 2.03 bits per heavy atom. The number of benzene rings is 2. The van der Waals surface area contributed by atoms with Gasteiger partial charge in [0.2, 0.25) is 12.1 Å². The summed E-state index contributed by atoms with van der Waals surface area (Å²) in [4.78, 5) is 5.98. The van der Waals surface area contributed by atoms with Gasteiger partial charge in [-0.15, -0.1) is 5.10 Å². The molecule has 2 aliphatic heterocycles. The van der Waals surface area contributed by atoms with Gasteiger partial charge in [-0.3, -0.25) is 5.43 Å². The summed E-state index contributed by atoms with van der Waals surface area (Å²) in [7, 11) is 4.03. The molecule has 4 rings (SSSR count). The van der Waals surface area contributed by atoms with Crippen LogP contribution >= 0.6 is 11.6 Å². The molecule has 1 N–H and O–H groups in total. The van der Waals surface area contributed by atoms with Crippen molar-refractivity contribution in [1.82, 2.24) is 15.2 Å². The van der Waals surface area contributed by atoms with E-state index in [1.165, 1.54) is 36.4 Å². The molecule has 0 radical (unpaired) electrons. The second-order valence-electron chi connectivity index (χ2n) is 8.68. The highest BCUT2D eigenvalue weighted by atomic mass is 35.5. The minimum absolute atomic E-state index is 0.0602. The molecule has 2 aromatic rings. The Morgan fingerprint density at radius 3 is 2.63 bits per heavy atom. The lowest BCUT2D eigenvalue weighted by molar-refractivity contribution is 0.000583. The Labute approximate surface area is 206 Å². The van der Waals surface area contributed by atoms with Gasteiger partial charge in [-0.2, -0.15) is 0 Å². The Hall–Kier alpha value is -2.98. The lowest BCUT2D eigenvalue weighted by Gasteiger charge is -2.34. The highest BCUT2D eigenvalue weighted by Crippen LogP contribution is 2.33. The quantitative estimate of drug-likeness (QED) is 0.525. The van der Waals surface area contributed by atoms with Gasteiger partial charge in [0.15, 0.2) is 0 Å². The van der Waals surface area contributed by atoms with Crippen molar-refractivity contribution in [2.75, 3.05) is 32.1 Å². The van der Waals surface area contributed by atoms with E-state index in [1.807, 2.05) is 14.1 Å². The molecule has 188 valence electrons. The average molecular weight is 512 g/mol. The molecule has 2 aliphatic rings. The normalized spacial score (nSPS) is 19.7. The van der Waals surface area contributed by atoms with Crippen LogP contribution in [0, 0.1) is 11.6 Å². The number of nitrogens with zero attached hydrogens (tertiary/aromatic N) is 4. The molecule has 6 nitrogen and oxygen atoms in total. The van der Waals surface area contributed by atoms with Gasteiger partial charge < -0.3 is 19.4 Å². The first-order chi connectivity index (χ1) is 16.6. The van der Waals surface area contributed by atoms with Gasteiger partial charge in [0.25, 0.3) is 6.43 Å². The van der Waals surface area contributed by atoms with Crippen LogP contribution in [0.1, 0.15) is 17.5 Å². The number of nitrogens with one attached hydrogen (secondary N) is 1. The van der Waals surface area contributed by atoms with E-state index in [0.717, 1.165) is 19.5 Å². The highest BCUT2D eigenvalue weighted by molar-refractivity contribution is 6.33. The van der Waals surface area contributed by atoms with Crippen molar-refractivity contribution in [3.05, 3.63) is 76.6 Å². The van der Waals surface area contributed by atoms with E-state index in [4.69, 9.17) is 16.3 Å². The zero-order valence-electron chi connectivity index (χ0n) is 19.3. The van der Waals surface area contributed by atoms with E-state index in [-0.39, 0.29) is 23.0 Å². The number of ether oxygens (including phenoxy) is 1. The molecule has 1 saturated heterocycles. The molecular formula is C24H26ClF4N5O. The number of halogens is 5. The lowest BCUT2D eigenvalue weighted by Crippen LogP contribution is -2.36. The molecule has 0 amide bonds. The van der Waals surface area contributed by atoms with Crippen molar-refractivity contribution < 1.29 is 22.3 Å². The van der Waals surface area contributed by atoms with Crippen molar-refractivity contribution in [2.24, 2.45) is 5.10 Å². The van der Waals surface area contributed by atoms with Crippen LogP contribution < -0.4 is 10.3 Å². The van der Waals surface area contributed by atoms with Gasteiger partial charge in [-0.1, -0.05) is 24.2 Å². The maximum atomic E-state index is 15.2. The summed E-state index contributed by atoms with van der Waals surface area (Å²) in [5, 5.41) is 3.89. The maximum Gasteiger partial charge on any atom is 0.294 e. The van der Waals surface area contributed by atoms with Crippen LogP contribution in [0.4, 0.5) is 23.2 Å². The molecule has 2 aromatic carbocycles. The Bertz CT molecular complexity index is 1130. The fourth-order valence-electron chi connectivity index (χ4n) is 4.10. The van der Waals surface area contributed by atoms with E-state index >= 15 is 4.39 Å². The van der Waals surface area contributed by atoms with Crippen molar-refractivity contribution in [3.63, 3.8) is 0 Å². The summed E-state index contributed by atoms with van der Waals surface area (Å²) in [5.41, 5.74) is 3.19. The topological polar surface area (TPSA) is 43.3 Å². The fraction of sp³-hybridized carbons (Fsp3) is 0.375. The maximum absolute atomic E-state index is 15.2. The second kappa shape index (κ2) is 10.3. The van der Waals surface area contributed by atoms with Gasteiger partial charge in [0, 0.05) is 30.3 Å². The minimum atomic E-state index is -2.78. The van der Waals surface area contributed by atoms with Crippen LogP contribution in [0.3, 0.4) is 0 Å². The standard InChI is InChI=1S/C24H26ClF4N5O/c1-14(33-9-8-18(13-33)32(2)3)34(21-7-6-17(26)11-19(21)25)12-16-5-4-15(10-20(16)27)23-30-31-24(35-23)22(28)29/h4-7,10-11,18,22,24,31H,1,8-9,12-13H2,2-3H3. The summed E-state index contributed by atoms with van der Waals surface area (Å²) in [6.07, 6.45) is -3.41. The van der Waals surface area contributed by atoms with Crippen LogP contribution in [0.2, 0.25) is 5.02 Å². The number of alkyl halides is 2. The predicted molar refractivity (Wildman–Crippen MR) is 127 cm³/mol. The third-order valence-electron chi connectivity index (χ3n) is 6.16. The number of rotatable bonds is 8. The molecule has 0 spiro atoms. The summed E-state index contributed by atoms with van der Waals surface area (Å²) >= 11 is 6.37. The molecule has 0 aliphatic carbocycles. The van der Waals surface area contributed by atoms with Crippen LogP contribution in [-0.2, 0) is 11.3 Å². The Morgan fingerprint density at radius 1 is 1.26 bits per heavy atom. The zero-order valence-corrected chi connectivity index (χ0v) is 20.1. The smallest absolute Gasteiger partial charge is 0.294 e. The van der Waals surface area contributed by atoms with E-state index in [9.17, 15) is 13.2 Å². The van der Waals surface area contributed by atoms with Gasteiger partial charge >= 0.3 is 0 Å². The number of hydrogen-bond donors (Lipinski definition) is 1. The third kappa shape index (κ3) is 5.48. The van der Waals surface area contributed by atoms with E-state index in [2.05, 4.69) is 26.9 Å². The van der Waals surface area contributed by atoms with Crippen LogP contribution in [0.25, 0.3) is 0 Å². The number of hydrazone groups is 1. The van der Waals surface area contributed by atoms with Crippen LogP contribution in [-0.4, -0.2) is 61.6 Å². The van der Waals surface area contributed by atoms with E-state index < -0.39 is 24.3 Å². The summed E-state index contributed by atoms with van der Waals surface area (Å²) in [6.45, 7) is 5.79. The van der Waals surface area contributed by atoms with Crippen LogP contribution in [0.15, 0.2) is 53.9 Å². The highest BCUT2D eigenvalue weighted by Gasteiger charge is 2.30. The molecule has 0 bridgehead atoms. The summed E-state index contributed by atoms with van der Waals surface area (Å²) in [6, 6.07) is 8.60. The van der Waals surface area contributed by atoms with Crippen molar-refractivity contribution >= 4 is 23.2 Å². The predicted octanol–water partition coefficient (Wildman–Crippen LogP) is 4.60. The molecule has 0 aromatic heterocycles. The molecule has 2 unspecified atom stereocenters. The zero-order chi connectivity index (χ0) is 25.3. The second-order valence-corrected chi connectivity index (χ2v) is 9.08. The molecule has 2 atom stereocenters. The lowest BCUT2D eigenvalue weighted by atomic mass is 10.1. The van der Waals surface area contributed by atoms with E-state index in [1.54, 1.807) is 4.90 Å². The van der Waals surface area contributed by atoms with Gasteiger partial charge in [0.1, 0.15) is 17.5 Å². The number of anilines is 1. The molecular weight excluding hydrogens is 486 g/mol. The number of likely N-dealkylation sites (tertiary alicyclic amines) is 1. The molecule has 1 fully saturated rings. The largest absolute Gasteiger partial charge is 0.445 e. The van der Waals surface area contributed by atoms with Crippen molar-refractivity contribution in [2.45, 2.75) is 31.7 Å². The first-order valence-electron chi connectivity index (χ1n) is 11.0. The minimum Gasteiger partial charge on any atom is -0.445 e. The average Bonchev–Trinajstić information content (AvgIpc) is 3.49. The molecule has 2 heterocycles. The number of likely N-dealkylation sites (N-methyl/N-ethyl adjacent to an activating group) is 1. The monoisotopic (exact) mass is 511 g/mol. The molecule has 0 saturated carbocycles. The van der Waals surface area contributed by atoms with Gasteiger partial charge in [0.05, 0.1) is 17.3 Å². The van der Waals surface area contributed by atoms with Crippen LogP contribution in [0.5, 0.6) is 0 Å².